The molecule has 1 unspecified atom stereocenters. The van der Waals surface area contributed by atoms with Crippen molar-refractivity contribution in [3.63, 3.8) is 0 Å². The molecule has 2 aliphatic rings. The standard InChI is InChI=1S/C27H30F3N7O3/c1-2-36-14-20(40-15-19(36)8-12-38)25-35-22(23-24(31)33-10-11-37(23)25)16-3-5-17(6-4-16)26(39)34-21-13-18(7-9-32-21)27(28,29)30/h3,5-7,9-11,13,16,19-20,38H,2,4,8,12,14-15H2,1H3,(H2,31,33)(H,32,34,39)/t16?,19-,20+/m0/s1. The minimum absolute atomic E-state index is 0.0891. The second-order valence-electron chi connectivity index (χ2n) is 9.70. The molecule has 4 N–H and O–H groups in total. The highest BCUT2D eigenvalue weighted by Crippen LogP contribution is 2.35. The molecule has 4 heterocycles. The van der Waals surface area contributed by atoms with Crippen LogP contribution in [0.15, 0.2) is 54.5 Å². The van der Waals surface area contributed by atoms with Crippen LogP contribution in [0.1, 0.15) is 48.9 Å². The van der Waals surface area contributed by atoms with Gasteiger partial charge in [0.1, 0.15) is 29.1 Å². The SMILES string of the molecule is CCN1C[C@H](c2nc(C3C=CC(C(=O)Nc4cc(C(F)(F)F)ccn4)=CC3)c3c(N)nccn23)OC[C@@H]1CCO. The summed E-state index contributed by atoms with van der Waals surface area (Å²) in [5.74, 6) is 0.0394. The van der Waals surface area contributed by atoms with Crippen LogP contribution in [0, 0.1) is 0 Å². The predicted molar refractivity (Wildman–Crippen MR) is 141 cm³/mol. The number of ether oxygens (including phenoxy) is 1. The first-order chi connectivity index (χ1) is 19.2. The quantitative estimate of drug-likeness (QED) is 0.403. The molecule has 0 bridgehead atoms. The molecular formula is C27H30F3N7O3. The topological polar surface area (TPSA) is 131 Å². The van der Waals surface area contributed by atoms with Crippen LogP contribution in [-0.2, 0) is 15.7 Å². The van der Waals surface area contributed by atoms with E-state index < -0.39 is 17.6 Å². The molecule has 0 aromatic carbocycles. The molecule has 10 nitrogen and oxygen atoms in total. The normalized spacial score (nSPS) is 21.9. The molecule has 3 aromatic rings. The highest BCUT2D eigenvalue weighted by molar-refractivity contribution is 6.05. The van der Waals surface area contributed by atoms with Gasteiger partial charge in [-0.1, -0.05) is 25.2 Å². The predicted octanol–water partition coefficient (Wildman–Crippen LogP) is 3.48. The lowest BCUT2D eigenvalue weighted by molar-refractivity contribution is -0.137. The molecule has 1 aliphatic carbocycles. The Hall–Kier alpha value is -3.81. The van der Waals surface area contributed by atoms with Crippen molar-refractivity contribution in [1.29, 1.82) is 0 Å². The van der Waals surface area contributed by atoms with E-state index in [4.69, 9.17) is 15.5 Å². The van der Waals surface area contributed by atoms with Gasteiger partial charge < -0.3 is 20.9 Å². The number of imidazole rings is 1. The van der Waals surface area contributed by atoms with Crippen molar-refractivity contribution in [2.75, 3.05) is 37.4 Å². The summed E-state index contributed by atoms with van der Waals surface area (Å²) < 4.78 is 47.1. The van der Waals surface area contributed by atoms with Gasteiger partial charge in [-0.25, -0.2) is 15.0 Å². The summed E-state index contributed by atoms with van der Waals surface area (Å²) in [5, 5.41) is 11.8. The third-order valence-corrected chi connectivity index (χ3v) is 7.24. The van der Waals surface area contributed by atoms with Crippen LogP contribution in [-0.4, -0.2) is 67.6 Å². The maximum Gasteiger partial charge on any atom is 0.416 e. The van der Waals surface area contributed by atoms with Crippen LogP contribution in [0.5, 0.6) is 0 Å². The first-order valence-electron chi connectivity index (χ1n) is 13.0. The Labute approximate surface area is 228 Å². The number of anilines is 2. The number of rotatable bonds is 7. The molecule has 13 heteroatoms. The van der Waals surface area contributed by atoms with E-state index in [1.165, 1.54) is 0 Å². The zero-order chi connectivity index (χ0) is 28.4. The number of morpholine rings is 1. The van der Waals surface area contributed by atoms with Gasteiger partial charge in [0.05, 0.1) is 17.9 Å². The van der Waals surface area contributed by atoms with Gasteiger partial charge >= 0.3 is 6.18 Å². The number of nitrogens with two attached hydrogens (primary N) is 1. The van der Waals surface area contributed by atoms with E-state index in [0.717, 1.165) is 24.9 Å². The molecule has 5 rings (SSSR count). The van der Waals surface area contributed by atoms with Crippen molar-refractivity contribution in [3.05, 3.63) is 71.6 Å². The molecular weight excluding hydrogens is 527 g/mol. The molecule has 3 atom stereocenters. The Balaban J connectivity index is 1.35. The Kier molecular flexibility index (Phi) is 7.88. The number of nitrogens with one attached hydrogen (secondary N) is 1. The Morgan fingerprint density at radius 2 is 2.12 bits per heavy atom. The minimum Gasteiger partial charge on any atom is -0.396 e. The third kappa shape index (κ3) is 5.58. The molecule has 3 aromatic heterocycles. The number of likely N-dealkylation sites (N-methyl/N-ethyl adjacent to an activating group) is 1. The number of carbonyl (C=O) groups is 1. The Morgan fingerprint density at radius 3 is 2.83 bits per heavy atom. The number of amides is 1. The number of aliphatic hydroxyl groups excluding tert-OH is 1. The minimum atomic E-state index is -4.54. The molecule has 1 fully saturated rings. The zero-order valence-electron chi connectivity index (χ0n) is 21.8. The summed E-state index contributed by atoms with van der Waals surface area (Å²) in [6, 6.07) is 1.77. The lowest BCUT2D eigenvalue weighted by Crippen LogP contribution is -2.47. The number of hydrogen-bond acceptors (Lipinski definition) is 8. The largest absolute Gasteiger partial charge is 0.416 e. The molecule has 0 radical (unpaired) electrons. The lowest BCUT2D eigenvalue weighted by atomic mass is 9.93. The number of aromatic nitrogens is 4. The second kappa shape index (κ2) is 11.4. The van der Waals surface area contributed by atoms with Gasteiger partial charge in [0.25, 0.3) is 5.91 Å². The number of alkyl halides is 3. The first kappa shape index (κ1) is 27.7. The van der Waals surface area contributed by atoms with E-state index >= 15 is 0 Å². The summed E-state index contributed by atoms with van der Waals surface area (Å²) >= 11 is 0. The lowest BCUT2D eigenvalue weighted by Gasteiger charge is -2.38. The van der Waals surface area contributed by atoms with Crippen LogP contribution in [0.3, 0.4) is 0 Å². The summed E-state index contributed by atoms with van der Waals surface area (Å²) in [5.41, 5.74) is 7.04. The average molecular weight is 558 g/mol. The van der Waals surface area contributed by atoms with Crippen LogP contribution in [0.25, 0.3) is 5.52 Å². The molecule has 0 spiro atoms. The van der Waals surface area contributed by atoms with E-state index in [1.807, 2.05) is 10.5 Å². The van der Waals surface area contributed by atoms with E-state index in [-0.39, 0.29) is 30.5 Å². The summed E-state index contributed by atoms with van der Waals surface area (Å²) in [4.78, 5) is 28.0. The highest BCUT2D eigenvalue weighted by Gasteiger charge is 2.33. The van der Waals surface area contributed by atoms with Crippen LogP contribution >= 0.6 is 0 Å². The number of aliphatic hydroxyl groups is 1. The second-order valence-corrected chi connectivity index (χ2v) is 9.70. The number of hydrogen-bond donors (Lipinski definition) is 3. The van der Waals surface area contributed by atoms with E-state index in [9.17, 15) is 23.1 Å². The van der Waals surface area contributed by atoms with Crippen LogP contribution < -0.4 is 11.1 Å². The zero-order valence-corrected chi connectivity index (χ0v) is 21.8. The molecule has 40 heavy (non-hydrogen) atoms. The van der Waals surface area contributed by atoms with E-state index in [1.54, 1.807) is 24.5 Å². The summed E-state index contributed by atoms with van der Waals surface area (Å²) in [7, 11) is 0. The number of nitrogens with zero attached hydrogens (tertiary/aromatic N) is 5. The van der Waals surface area contributed by atoms with Crippen molar-refractivity contribution in [2.24, 2.45) is 0 Å². The molecule has 0 saturated carbocycles. The number of pyridine rings is 1. The van der Waals surface area contributed by atoms with Crippen molar-refractivity contribution >= 4 is 23.1 Å². The average Bonchev–Trinajstić information content (AvgIpc) is 3.34. The smallest absolute Gasteiger partial charge is 0.396 e. The molecule has 212 valence electrons. The van der Waals surface area contributed by atoms with Gasteiger partial charge in [0.2, 0.25) is 0 Å². The fourth-order valence-corrected chi connectivity index (χ4v) is 5.16. The maximum atomic E-state index is 13.0. The van der Waals surface area contributed by atoms with Crippen molar-refractivity contribution in [1.82, 2.24) is 24.3 Å². The molecule has 1 saturated heterocycles. The van der Waals surface area contributed by atoms with Crippen molar-refractivity contribution < 1.29 is 27.8 Å². The number of halogens is 3. The van der Waals surface area contributed by atoms with Gasteiger partial charge in [-0.2, -0.15) is 13.2 Å². The van der Waals surface area contributed by atoms with Gasteiger partial charge in [-0.3, -0.25) is 14.1 Å². The number of allylic oxidation sites excluding steroid dienone is 2. The van der Waals surface area contributed by atoms with Gasteiger partial charge in [-0.15, -0.1) is 0 Å². The van der Waals surface area contributed by atoms with Gasteiger partial charge in [0, 0.05) is 49.3 Å². The highest BCUT2D eigenvalue weighted by atomic mass is 19.4. The van der Waals surface area contributed by atoms with Crippen LogP contribution in [0.4, 0.5) is 24.8 Å². The van der Waals surface area contributed by atoms with Gasteiger partial charge in [-0.05, 0) is 31.5 Å². The maximum absolute atomic E-state index is 13.0. The van der Waals surface area contributed by atoms with Gasteiger partial charge in [0.15, 0.2) is 0 Å². The number of fused-ring (bicyclic) bond motifs is 1. The fourth-order valence-electron chi connectivity index (χ4n) is 5.16. The summed E-state index contributed by atoms with van der Waals surface area (Å²) in [6.45, 7) is 4.04. The van der Waals surface area contributed by atoms with Crippen LogP contribution in [0.2, 0.25) is 0 Å². The molecule has 1 amide bonds. The number of carbonyl (C=O) groups excluding carboxylic acids is 1. The monoisotopic (exact) mass is 557 g/mol. The van der Waals surface area contributed by atoms with E-state index in [0.29, 0.717) is 54.4 Å². The van der Waals surface area contributed by atoms with Crippen molar-refractivity contribution in [2.45, 2.75) is 44.0 Å². The third-order valence-electron chi connectivity index (χ3n) is 7.24. The number of nitrogen functional groups attached to an aromatic ring is 1. The Bertz CT molecular complexity index is 1450. The first-order valence-corrected chi connectivity index (χ1v) is 13.0. The Morgan fingerprint density at radius 1 is 1.30 bits per heavy atom. The van der Waals surface area contributed by atoms with Crippen molar-refractivity contribution in [3.8, 4) is 0 Å². The molecule has 1 aliphatic heterocycles. The summed E-state index contributed by atoms with van der Waals surface area (Å²) in [6.07, 6.45) is 5.73. The fraction of sp³-hybridized carbons (Fsp3) is 0.407. The van der Waals surface area contributed by atoms with E-state index in [2.05, 4.69) is 27.1 Å².